The van der Waals surface area contributed by atoms with Crippen LogP contribution in [0.25, 0.3) is 0 Å². The largest absolute Gasteiger partial charge is 0.0654 e. The third-order valence-corrected chi connectivity index (χ3v) is 57.6. The lowest BCUT2D eigenvalue weighted by molar-refractivity contribution is 0.659. The van der Waals surface area contributed by atoms with Crippen LogP contribution in [-0.4, -0.2) is 22.3 Å². The number of hydrogen-bond donors (Lipinski definition) is 0. The number of rotatable bonds is 42. The molecule has 0 aromatic heterocycles. The molecule has 0 amide bonds. The normalized spacial score (nSPS) is 12.7. The van der Waals surface area contributed by atoms with Gasteiger partial charge in [0.05, 0.1) is 0 Å². The summed E-state index contributed by atoms with van der Waals surface area (Å²) in [6.45, 7) is 19.7. The fourth-order valence-corrected chi connectivity index (χ4v) is 66.6. The van der Waals surface area contributed by atoms with Gasteiger partial charge in [0, 0.05) is 22.3 Å². The fraction of sp³-hybridized carbons (Fsp3) is 1.00. The summed E-state index contributed by atoms with van der Waals surface area (Å²) in [5, 5.41) is 0. The monoisotopic (exact) mass is 765 g/mol. The van der Waals surface area contributed by atoms with Gasteiger partial charge in [-0.3, -0.25) is 0 Å². The van der Waals surface area contributed by atoms with Gasteiger partial charge in [-0.25, -0.2) is 0 Å². The van der Waals surface area contributed by atoms with Crippen LogP contribution in [0.3, 0.4) is 0 Å². The Morgan fingerprint density at radius 1 is 0.176 bits per heavy atom. The first-order chi connectivity index (χ1) is 25.0. The van der Waals surface area contributed by atoms with Gasteiger partial charge in [0.25, 0.3) is 0 Å². The minimum atomic E-state index is -1.54. The molecule has 0 aliphatic heterocycles. The van der Waals surface area contributed by atoms with Crippen LogP contribution < -0.4 is 0 Å². The molecule has 0 rings (SSSR count). The van der Waals surface area contributed by atoms with E-state index < -0.39 is 22.3 Å². The summed E-state index contributed by atoms with van der Waals surface area (Å²) in [6, 6.07) is 14.3. The smallest absolute Gasteiger partial charge is 0.0453 e. The van der Waals surface area contributed by atoms with Crippen LogP contribution in [0.5, 0.6) is 0 Å². The molecule has 0 unspecified atom stereocenters. The summed E-state index contributed by atoms with van der Waals surface area (Å²) in [5.74, 6) is 0. The molecule has 0 saturated carbocycles. The molecule has 0 bridgehead atoms. The average molecular weight is 766 g/mol. The van der Waals surface area contributed by atoms with Gasteiger partial charge in [-0.15, -0.1) is 0 Å². The second kappa shape index (κ2) is 36.3. The SMILES string of the molecule is CCCCCC[Si](CCCCCC)(CCCCCC)[Si](CCCCCC)(CCCCCC)[Si](CCCCCC)(CCCCCC)CCCCCC. The second-order valence-electron chi connectivity index (χ2n) is 18.1. The third-order valence-electron chi connectivity index (χ3n) is 14.0. The van der Waals surface area contributed by atoms with Crippen LogP contribution in [0.15, 0.2) is 0 Å². The van der Waals surface area contributed by atoms with Crippen LogP contribution >= 0.6 is 0 Å². The van der Waals surface area contributed by atoms with E-state index in [0.29, 0.717) is 0 Å². The first-order valence-corrected chi connectivity index (χ1v) is 34.6. The van der Waals surface area contributed by atoms with Crippen LogP contribution in [-0.2, 0) is 0 Å². The van der Waals surface area contributed by atoms with Crippen molar-refractivity contribution in [1.29, 1.82) is 0 Å². The van der Waals surface area contributed by atoms with Crippen molar-refractivity contribution in [2.24, 2.45) is 0 Å². The molecule has 0 N–H and O–H groups in total. The van der Waals surface area contributed by atoms with Gasteiger partial charge in [-0.05, 0) is 0 Å². The standard InChI is InChI=1S/C48H104Si3/c1-9-17-25-33-41-49(42-34-26-18-10-2,43-35-27-19-11-3)51(47-39-31-23-15-7,48-40-32-24-16-8)50(44-36-28-20-12-4,45-37-29-21-13-5)46-38-30-22-14-6/h9-48H2,1-8H3. The van der Waals surface area contributed by atoms with E-state index in [1.165, 1.54) is 103 Å². The van der Waals surface area contributed by atoms with Gasteiger partial charge in [-0.1, -0.05) is 309 Å². The van der Waals surface area contributed by atoms with Gasteiger partial charge in [0.2, 0.25) is 0 Å². The van der Waals surface area contributed by atoms with E-state index in [9.17, 15) is 0 Å². The van der Waals surface area contributed by atoms with Gasteiger partial charge in [0.15, 0.2) is 0 Å². The van der Waals surface area contributed by atoms with Crippen molar-refractivity contribution in [3.05, 3.63) is 0 Å². The highest BCUT2D eigenvalue weighted by molar-refractivity contribution is 7.70. The summed E-state index contributed by atoms with van der Waals surface area (Å²) < 4.78 is 0. The molecule has 0 aliphatic rings. The Morgan fingerprint density at radius 3 is 0.490 bits per heavy atom. The Balaban J connectivity index is 7.87. The number of hydrogen-bond acceptors (Lipinski definition) is 0. The molecular weight excluding hydrogens is 661 g/mol. The molecule has 0 fully saturated rings. The van der Waals surface area contributed by atoms with Gasteiger partial charge >= 0.3 is 0 Å². The zero-order chi connectivity index (χ0) is 37.8. The minimum absolute atomic E-state index is 1.41. The first-order valence-electron chi connectivity index (χ1n) is 25.0. The van der Waals surface area contributed by atoms with Crippen LogP contribution in [0, 0.1) is 0 Å². The summed E-state index contributed by atoms with van der Waals surface area (Å²) in [6.07, 6.45) is 48.5. The van der Waals surface area contributed by atoms with Crippen LogP contribution in [0.4, 0.5) is 0 Å². The van der Waals surface area contributed by atoms with Crippen molar-refractivity contribution in [2.45, 2.75) is 309 Å². The zero-order valence-corrected chi connectivity index (χ0v) is 40.8. The van der Waals surface area contributed by atoms with Crippen LogP contribution in [0.2, 0.25) is 48.4 Å². The summed E-state index contributed by atoms with van der Waals surface area (Å²) in [4.78, 5) is 0. The van der Waals surface area contributed by atoms with E-state index >= 15 is 0 Å². The van der Waals surface area contributed by atoms with Crippen molar-refractivity contribution in [3.63, 3.8) is 0 Å². The van der Waals surface area contributed by atoms with E-state index in [-0.39, 0.29) is 0 Å². The van der Waals surface area contributed by atoms with Crippen molar-refractivity contribution >= 4 is 22.3 Å². The molecule has 0 aromatic carbocycles. The first kappa shape index (κ1) is 51.7. The zero-order valence-electron chi connectivity index (χ0n) is 37.8. The van der Waals surface area contributed by atoms with E-state index in [4.69, 9.17) is 0 Å². The minimum Gasteiger partial charge on any atom is -0.0654 e. The Kier molecular flexibility index (Phi) is 36.8. The maximum absolute atomic E-state index is 2.47. The lowest BCUT2D eigenvalue weighted by Gasteiger charge is -2.60. The lowest BCUT2D eigenvalue weighted by Crippen LogP contribution is -2.77. The molecule has 0 saturated heterocycles. The Hall–Kier alpha value is 0.651. The molecule has 0 nitrogen and oxygen atoms in total. The highest BCUT2D eigenvalue weighted by Gasteiger charge is 2.62. The molecule has 308 valence electrons. The predicted molar refractivity (Wildman–Crippen MR) is 249 cm³/mol. The fourth-order valence-electron chi connectivity index (χ4n) is 11.0. The molecule has 0 aromatic rings. The Bertz CT molecular complexity index is 569. The van der Waals surface area contributed by atoms with E-state index in [0.717, 1.165) is 0 Å². The highest BCUT2D eigenvalue weighted by atomic mass is 29.6. The Labute approximate surface area is 330 Å². The summed E-state index contributed by atoms with van der Waals surface area (Å²) in [7, 11) is -4.51. The number of unbranched alkanes of at least 4 members (excludes halogenated alkanes) is 24. The molecular formula is C48H104Si3. The van der Waals surface area contributed by atoms with Crippen molar-refractivity contribution in [1.82, 2.24) is 0 Å². The van der Waals surface area contributed by atoms with E-state index in [1.807, 2.05) is 12.1 Å². The maximum Gasteiger partial charge on any atom is 0.0453 e. The third kappa shape index (κ3) is 21.5. The molecule has 0 heterocycles. The van der Waals surface area contributed by atoms with Gasteiger partial charge in [-0.2, -0.15) is 0 Å². The topological polar surface area (TPSA) is 0 Å². The molecule has 51 heavy (non-hydrogen) atoms. The predicted octanol–water partition coefficient (Wildman–Crippen LogP) is 19.1. The van der Waals surface area contributed by atoms with Gasteiger partial charge < -0.3 is 0 Å². The average Bonchev–Trinajstić information content (AvgIpc) is 3.14. The molecule has 3 heteroatoms. The second-order valence-corrected chi connectivity index (χ2v) is 43.0. The highest BCUT2D eigenvalue weighted by Crippen LogP contribution is 2.52. The Morgan fingerprint density at radius 2 is 0.333 bits per heavy atom. The quantitative estimate of drug-likeness (QED) is 0.0429. The van der Waals surface area contributed by atoms with Gasteiger partial charge in [0.1, 0.15) is 0 Å². The molecule has 0 radical (unpaired) electrons. The lowest BCUT2D eigenvalue weighted by atomic mass is 10.2. The van der Waals surface area contributed by atoms with Crippen molar-refractivity contribution in [2.75, 3.05) is 0 Å². The molecule has 0 spiro atoms. The summed E-state index contributed by atoms with van der Waals surface area (Å²) >= 11 is 0. The molecule has 0 atom stereocenters. The van der Waals surface area contributed by atoms with Crippen molar-refractivity contribution in [3.8, 4) is 0 Å². The van der Waals surface area contributed by atoms with E-state index in [2.05, 4.69) is 55.4 Å². The summed E-state index contributed by atoms with van der Waals surface area (Å²) in [5.41, 5.74) is 0. The van der Waals surface area contributed by atoms with Crippen molar-refractivity contribution < 1.29 is 0 Å². The molecule has 0 aliphatic carbocycles. The maximum atomic E-state index is 2.47. The van der Waals surface area contributed by atoms with Crippen LogP contribution in [0.1, 0.15) is 261 Å². The van der Waals surface area contributed by atoms with E-state index in [1.54, 1.807) is 139 Å².